The summed E-state index contributed by atoms with van der Waals surface area (Å²) in [6.07, 6.45) is 6.04. The Hall–Kier alpha value is -3.16. The van der Waals surface area contributed by atoms with Gasteiger partial charge in [-0.1, -0.05) is 19.8 Å². The number of hydrogen-bond donors (Lipinski definition) is 1. The van der Waals surface area contributed by atoms with E-state index in [-0.39, 0.29) is 22.9 Å². The average Bonchev–Trinajstić information content (AvgIpc) is 3.08. The third kappa shape index (κ3) is 3.50. The summed E-state index contributed by atoms with van der Waals surface area (Å²) in [4.78, 5) is 23.0. The van der Waals surface area contributed by atoms with Crippen molar-refractivity contribution >= 4 is 17.8 Å². The SMILES string of the molecule is COc1ccc([N+](=O)[O-])cc1-c1ccc(/C=N\NC(=O)[C@@H]2[C@@H]3CCCC[C@@]23C)o1. The maximum Gasteiger partial charge on any atom is 0.270 e. The average molecular weight is 397 g/mol. The molecule has 0 aliphatic heterocycles. The standard InChI is InChI=1S/C21H23N3O5/c1-21-10-4-3-5-16(21)19(21)20(25)23-22-12-14-7-9-18(29-14)15-11-13(24(26)27)6-8-17(15)28-2/h6-9,11-12,16,19H,3-5,10H2,1-2H3,(H,23,25)/b22-12-/t16-,19-,21+/m0/s1. The van der Waals surface area contributed by atoms with Crippen molar-refractivity contribution in [2.24, 2.45) is 22.4 Å². The van der Waals surface area contributed by atoms with Crippen LogP contribution >= 0.6 is 0 Å². The smallest absolute Gasteiger partial charge is 0.270 e. The highest BCUT2D eigenvalue weighted by atomic mass is 16.6. The Morgan fingerprint density at radius 1 is 1.38 bits per heavy atom. The molecule has 152 valence electrons. The summed E-state index contributed by atoms with van der Waals surface area (Å²) in [6, 6.07) is 7.66. The first-order valence-corrected chi connectivity index (χ1v) is 9.69. The molecule has 29 heavy (non-hydrogen) atoms. The number of hydrazone groups is 1. The molecule has 1 heterocycles. The first-order valence-electron chi connectivity index (χ1n) is 9.69. The zero-order valence-corrected chi connectivity index (χ0v) is 16.4. The lowest BCUT2D eigenvalue weighted by atomic mass is 9.90. The Morgan fingerprint density at radius 2 is 2.21 bits per heavy atom. The Morgan fingerprint density at radius 3 is 2.90 bits per heavy atom. The maximum atomic E-state index is 12.4. The Kier molecular flexibility index (Phi) is 4.86. The van der Waals surface area contributed by atoms with Gasteiger partial charge in [0, 0.05) is 18.1 Å². The number of ether oxygens (including phenoxy) is 1. The third-order valence-electron chi connectivity index (χ3n) is 6.27. The lowest BCUT2D eigenvalue weighted by Gasteiger charge is -2.15. The van der Waals surface area contributed by atoms with Crippen LogP contribution in [0.25, 0.3) is 11.3 Å². The number of rotatable bonds is 6. The molecule has 2 aliphatic carbocycles. The van der Waals surface area contributed by atoms with E-state index in [4.69, 9.17) is 9.15 Å². The fourth-order valence-electron chi connectivity index (χ4n) is 4.65. The molecule has 1 amide bonds. The van der Waals surface area contributed by atoms with Gasteiger partial charge in [-0.05, 0) is 42.4 Å². The lowest BCUT2D eigenvalue weighted by Crippen LogP contribution is -2.22. The van der Waals surface area contributed by atoms with Crippen molar-refractivity contribution in [1.29, 1.82) is 0 Å². The van der Waals surface area contributed by atoms with Gasteiger partial charge < -0.3 is 9.15 Å². The summed E-state index contributed by atoms with van der Waals surface area (Å²) < 4.78 is 11.0. The van der Waals surface area contributed by atoms with E-state index in [9.17, 15) is 14.9 Å². The van der Waals surface area contributed by atoms with Gasteiger partial charge >= 0.3 is 0 Å². The van der Waals surface area contributed by atoms with Gasteiger partial charge in [0.2, 0.25) is 5.91 Å². The molecule has 0 spiro atoms. The zero-order chi connectivity index (χ0) is 20.6. The van der Waals surface area contributed by atoms with Gasteiger partial charge in [-0.25, -0.2) is 5.43 Å². The van der Waals surface area contributed by atoms with Crippen molar-refractivity contribution in [3.05, 3.63) is 46.2 Å². The second-order valence-corrected chi connectivity index (χ2v) is 7.91. The van der Waals surface area contributed by atoms with Crippen LogP contribution in [0.4, 0.5) is 5.69 Å². The number of hydrogen-bond acceptors (Lipinski definition) is 6. The van der Waals surface area contributed by atoms with Gasteiger partial charge in [-0.15, -0.1) is 0 Å². The number of fused-ring (bicyclic) bond motifs is 1. The molecule has 8 heteroatoms. The Labute approximate surface area is 168 Å². The molecular weight excluding hydrogens is 374 g/mol. The first-order chi connectivity index (χ1) is 13.9. The van der Waals surface area contributed by atoms with E-state index in [2.05, 4.69) is 17.5 Å². The Bertz CT molecular complexity index is 982. The Balaban J connectivity index is 1.44. The van der Waals surface area contributed by atoms with Crippen LogP contribution in [0, 0.1) is 27.4 Å². The number of methoxy groups -OCH3 is 1. The summed E-state index contributed by atoms with van der Waals surface area (Å²) >= 11 is 0. The van der Waals surface area contributed by atoms with E-state index < -0.39 is 4.92 Å². The molecule has 2 fully saturated rings. The van der Waals surface area contributed by atoms with Crippen LogP contribution in [0.5, 0.6) is 5.75 Å². The quantitative estimate of drug-likeness (QED) is 0.448. The minimum absolute atomic E-state index is 0.0391. The van der Waals surface area contributed by atoms with Gasteiger partial charge in [0.1, 0.15) is 17.3 Å². The van der Waals surface area contributed by atoms with Gasteiger partial charge in [0.05, 0.1) is 23.8 Å². The lowest BCUT2D eigenvalue weighted by molar-refractivity contribution is -0.384. The number of benzene rings is 1. The van der Waals surface area contributed by atoms with Crippen LogP contribution < -0.4 is 10.2 Å². The number of furan rings is 1. The largest absolute Gasteiger partial charge is 0.496 e. The number of carbonyl (C=O) groups excluding carboxylic acids is 1. The fraction of sp³-hybridized carbons (Fsp3) is 0.429. The van der Waals surface area contributed by atoms with E-state index in [1.807, 2.05) is 0 Å². The second-order valence-electron chi connectivity index (χ2n) is 7.91. The topological polar surface area (TPSA) is 107 Å². The minimum atomic E-state index is -0.472. The van der Waals surface area contributed by atoms with Gasteiger partial charge in [-0.2, -0.15) is 5.10 Å². The van der Waals surface area contributed by atoms with Crippen molar-refractivity contribution in [2.75, 3.05) is 7.11 Å². The highest BCUT2D eigenvalue weighted by Crippen LogP contribution is 2.66. The summed E-state index contributed by atoms with van der Waals surface area (Å²) in [5, 5.41) is 15.1. The molecule has 0 saturated heterocycles. The number of nitrogens with one attached hydrogen (secondary N) is 1. The monoisotopic (exact) mass is 397 g/mol. The van der Waals surface area contributed by atoms with Crippen molar-refractivity contribution in [3.63, 3.8) is 0 Å². The molecule has 2 aliphatic rings. The van der Waals surface area contributed by atoms with Crippen LogP contribution in [0.1, 0.15) is 38.4 Å². The van der Waals surface area contributed by atoms with Gasteiger partial charge in [0.15, 0.2) is 0 Å². The predicted molar refractivity (Wildman–Crippen MR) is 107 cm³/mol. The number of carbonyl (C=O) groups is 1. The fourth-order valence-corrected chi connectivity index (χ4v) is 4.65. The maximum absolute atomic E-state index is 12.4. The summed E-state index contributed by atoms with van der Waals surface area (Å²) in [5.41, 5.74) is 3.18. The molecule has 1 aromatic carbocycles. The van der Waals surface area contributed by atoms with Crippen molar-refractivity contribution in [3.8, 4) is 17.1 Å². The zero-order valence-electron chi connectivity index (χ0n) is 16.4. The summed E-state index contributed by atoms with van der Waals surface area (Å²) in [7, 11) is 1.49. The van der Waals surface area contributed by atoms with Crippen LogP contribution in [0.2, 0.25) is 0 Å². The van der Waals surface area contributed by atoms with E-state index >= 15 is 0 Å². The van der Waals surface area contributed by atoms with Crippen LogP contribution in [-0.4, -0.2) is 24.2 Å². The molecule has 2 saturated carbocycles. The molecule has 1 N–H and O–H groups in total. The number of nitro benzene ring substituents is 1. The number of nitrogens with zero attached hydrogens (tertiary/aromatic N) is 2. The van der Waals surface area contributed by atoms with Crippen molar-refractivity contribution in [2.45, 2.75) is 32.6 Å². The van der Waals surface area contributed by atoms with E-state index in [0.717, 1.165) is 12.8 Å². The van der Waals surface area contributed by atoms with Crippen LogP contribution in [0.3, 0.4) is 0 Å². The van der Waals surface area contributed by atoms with E-state index in [1.54, 1.807) is 12.1 Å². The normalized spacial score (nSPS) is 25.4. The van der Waals surface area contributed by atoms with Gasteiger partial charge in [0.25, 0.3) is 5.69 Å². The van der Waals surface area contributed by atoms with Crippen molar-refractivity contribution < 1.29 is 18.9 Å². The van der Waals surface area contributed by atoms with Crippen LogP contribution in [-0.2, 0) is 4.79 Å². The predicted octanol–water partition coefficient (Wildman–Crippen LogP) is 4.14. The summed E-state index contributed by atoms with van der Waals surface area (Å²) in [6.45, 7) is 2.19. The van der Waals surface area contributed by atoms with Crippen LogP contribution in [0.15, 0.2) is 39.9 Å². The van der Waals surface area contributed by atoms with Crippen molar-refractivity contribution in [1.82, 2.24) is 5.43 Å². The van der Waals surface area contributed by atoms with Gasteiger partial charge in [-0.3, -0.25) is 14.9 Å². The molecular formula is C21H23N3O5. The molecule has 2 aromatic rings. The van der Waals surface area contributed by atoms with E-state index in [1.165, 1.54) is 44.4 Å². The third-order valence-corrected chi connectivity index (χ3v) is 6.27. The number of nitro groups is 1. The molecule has 0 radical (unpaired) electrons. The molecule has 4 rings (SSSR count). The molecule has 1 aromatic heterocycles. The second kappa shape index (κ2) is 7.35. The highest BCUT2D eigenvalue weighted by molar-refractivity contribution is 5.85. The molecule has 3 atom stereocenters. The molecule has 8 nitrogen and oxygen atoms in total. The minimum Gasteiger partial charge on any atom is -0.496 e. The number of non-ortho nitro benzene ring substituents is 1. The molecule has 0 bridgehead atoms. The van der Waals surface area contributed by atoms with E-state index in [0.29, 0.717) is 28.8 Å². The number of amides is 1. The summed E-state index contributed by atoms with van der Waals surface area (Å²) in [5.74, 6) is 1.79. The first kappa shape index (κ1) is 19.2. The molecule has 0 unspecified atom stereocenters. The highest BCUT2D eigenvalue weighted by Gasteiger charge is 2.64.